The summed E-state index contributed by atoms with van der Waals surface area (Å²) >= 11 is 3.19. The summed E-state index contributed by atoms with van der Waals surface area (Å²) in [5.41, 5.74) is 6.49. The van der Waals surface area contributed by atoms with Crippen LogP contribution in [0.1, 0.15) is 17.1 Å². The number of nitrogens with two attached hydrogens (primary N) is 1. The van der Waals surface area contributed by atoms with Gasteiger partial charge in [-0.25, -0.2) is 4.39 Å². The highest BCUT2D eigenvalue weighted by atomic mass is 79.9. The molecule has 5 heteroatoms. The fraction of sp³-hybridized carbons (Fsp3) is 0.231. The predicted molar refractivity (Wildman–Crippen MR) is 69.8 cm³/mol. The molecule has 0 aliphatic rings. The Balaban J connectivity index is 2.06. The molecule has 2 rings (SSSR count). The smallest absolute Gasteiger partial charge is 0.166 e. The molecule has 0 fully saturated rings. The molecule has 0 aliphatic heterocycles. The van der Waals surface area contributed by atoms with E-state index in [1.165, 1.54) is 6.07 Å². The summed E-state index contributed by atoms with van der Waals surface area (Å²) in [5, 5.41) is 0. The first kappa shape index (κ1) is 13.1. The van der Waals surface area contributed by atoms with Crippen LogP contribution in [-0.4, -0.2) is 0 Å². The molecule has 96 valence electrons. The van der Waals surface area contributed by atoms with Gasteiger partial charge in [0.05, 0.1) is 6.54 Å². The van der Waals surface area contributed by atoms with Crippen LogP contribution in [0.15, 0.2) is 33.2 Å². The molecular formula is C13H13BrFNO2. The lowest BCUT2D eigenvalue weighted by molar-refractivity contribution is 0.255. The van der Waals surface area contributed by atoms with E-state index in [1.54, 1.807) is 12.1 Å². The van der Waals surface area contributed by atoms with Crippen molar-refractivity contribution in [2.75, 3.05) is 0 Å². The first-order chi connectivity index (χ1) is 8.60. The van der Waals surface area contributed by atoms with E-state index in [0.717, 1.165) is 11.3 Å². The highest BCUT2D eigenvalue weighted by Gasteiger charge is 2.08. The molecule has 0 bridgehead atoms. The third-order valence-electron chi connectivity index (χ3n) is 2.52. The zero-order valence-electron chi connectivity index (χ0n) is 9.87. The Kier molecular flexibility index (Phi) is 4.04. The van der Waals surface area contributed by atoms with Crippen molar-refractivity contribution in [3.05, 3.63) is 51.6 Å². The summed E-state index contributed by atoms with van der Waals surface area (Å²) in [4.78, 5) is 0. The maximum absolute atomic E-state index is 13.5. The van der Waals surface area contributed by atoms with Crippen LogP contribution in [0.2, 0.25) is 0 Å². The fourth-order valence-electron chi connectivity index (χ4n) is 1.61. The fourth-order valence-corrected chi connectivity index (χ4v) is 1.94. The molecule has 0 amide bonds. The molecule has 0 atom stereocenters. The van der Waals surface area contributed by atoms with Gasteiger partial charge in [0, 0.05) is 4.47 Å². The standard InChI is InChI=1S/C13H13BrFNO2/c1-8-4-10(18-13(8)6-16)7-17-12-3-2-9(14)5-11(12)15/h2-5H,6-7,16H2,1H3. The molecule has 0 unspecified atom stereocenters. The topological polar surface area (TPSA) is 48.4 Å². The second-order valence-electron chi connectivity index (χ2n) is 3.89. The highest BCUT2D eigenvalue weighted by molar-refractivity contribution is 9.10. The third-order valence-corrected chi connectivity index (χ3v) is 3.01. The van der Waals surface area contributed by atoms with Crippen molar-refractivity contribution in [1.82, 2.24) is 0 Å². The average molecular weight is 314 g/mol. The summed E-state index contributed by atoms with van der Waals surface area (Å²) in [6, 6.07) is 6.49. The number of hydrogen-bond acceptors (Lipinski definition) is 3. The Hall–Kier alpha value is -1.33. The quantitative estimate of drug-likeness (QED) is 0.939. The van der Waals surface area contributed by atoms with E-state index in [4.69, 9.17) is 14.9 Å². The van der Waals surface area contributed by atoms with Gasteiger partial charge < -0.3 is 14.9 Å². The van der Waals surface area contributed by atoms with Gasteiger partial charge in [-0.05, 0) is 36.8 Å². The maximum atomic E-state index is 13.5. The van der Waals surface area contributed by atoms with E-state index in [-0.39, 0.29) is 12.4 Å². The summed E-state index contributed by atoms with van der Waals surface area (Å²) in [5.74, 6) is 1.15. The van der Waals surface area contributed by atoms with Crippen molar-refractivity contribution < 1.29 is 13.5 Å². The molecule has 0 spiro atoms. The van der Waals surface area contributed by atoms with Gasteiger partial charge in [-0.2, -0.15) is 0 Å². The molecule has 1 aromatic heterocycles. The van der Waals surface area contributed by atoms with Gasteiger partial charge in [0.15, 0.2) is 11.6 Å². The molecule has 18 heavy (non-hydrogen) atoms. The van der Waals surface area contributed by atoms with Crippen molar-refractivity contribution >= 4 is 15.9 Å². The van der Waals surface area contributed by atoms with Gasteiger partial charge in [-0.1, -0.05) is 15.9 Å². The molecular weight excluding hydrogens is 301 g/mol. The Morgan fingerprint density at radius 3 is 2.78 bits per heavy atom. The van der Waals surface area contributed by atoms with E-state index >= 15 is 0 Å². The lowest BCUT2D eigenvalue weighted by atomic mass is 10.2. The van der Waals surface area contributed by atoms with Crippen molar-refractivity contribution in [3.8, 4) is 5.75 Å². The monoisotopic (exact) mass is 313 g/mol. The first-order valence-electron chi connectivity index (χ1n) is 5.46. The van der Waals surface area contributed by atoms with Crippen LogP contribution in [0.4, 0.5) is 4.39 Å². The molecule has 1 aromatic carbocycles. The second-order valence-corrected chi connectivity index (χ2v) is 4.80. The number of hydrogen-bond donors (Lipinski definition) is 1. The molecule has 2 aromatic rings. The second kappa shape index (κ2) is 5.54. The number of aryl methyl sites for hydroxylation is 1. The number of rotatable bonds is 4. The predicted octanol–water partition coefficient (Wildman–Crippen LogP) is 3.53. The van der Waals surface area contributed by atoms with Gasteiger partial charge in [0.1, 0.15) is 18.1 Å². The average Bonchev–Trinajstić information content (AvgIpc) is 2.69. The Morgan fingerprint density at radius 2 is 2.17 bits per heavy atom. The van der Waals surface area contributed by atoms with Crippen molar-refractivity contribution in [2.45, 2.75) is 20.1 Å². The zero-order valence-corrected chi connectivity index (χ0v) is 11.5. The maximum Gasteiger partial charge on any atom is 0.166 e. The summed E-state index contributed by atoms with van der Waals surface area (Å²) in [7, 11) is 0. The van der Waals surface area contributed by atoms with Gasteiger partial charge in [0.25, 0.3) is 0 Å². The Bertz CT molecular complexity index is 554. The van der Waals surface area contributed by atoms with Gasteiger partial charge in [0.2, 0.25) is 0 Å². The third kappa shape index (κ3) is 2.91. The van der Waals surface area contributed by atoms with E-state index < -0.39 is 5.82 Å². The lowest BCUT2D eigenvalue weighted by Gasteiger charge is -2.05. The van der Waals surface area contributed by atoms with Crippen LogP contribution in [-0.2, 0) is 13.2 Å². The molecule has 0 radical (unpaired) electrons. The molecule has 1 heterocycles. The molecule has 3 nitrogen and oxygen atoms in total. The SMILES string of the molecule is Cc1cc(COc2ccc(Br)cc2F)oc1CN. The number of benzene rings is 1. The van der Waals surface area contributed by atoms with Crippen molar-refractivity contribution in [3.63, 3.8) is 0 Å². The number of halogens is 2. The van der Waals surface area contributed by atoms with E-state index in [0.29, 0.717) is 16.8 Å². The van der Waals surface area contributed by atoms with Crippen LogP contribution in [0.5, 0.6) is 5.75 Å². The number of furan rings is 1. The van der Waals surface area contributed by atoms with Crippen molar-refractivity contribution in [2.24, 2.45) is 5.73 Å². The minimum absolute atomic E-state index is 0.180. The molecule has 0 saturated heterocycles. The van der Waals surface area contributed by atoms with Gasteiger partial charge >= 0.3 is 0 Å². The summed E-state index contributed by atoms with van der Waals surface area (Å²) in [6.45, 7) is 2.44. The van der Waals surface area contributed by atoms with Crippen molar-refractivity contribution in [1.29, 1.82) is 0 Å². The van der Waals surface area contributed by atoms with E-state index in [1.807, 2.05) is 13.0 Å². The highest BCUT2D eigenvalue weighted by Crippen LogP contribution is 2.23. The van der Waals surface area contributed by atoms with Crippen LogP contribution in [0, 0.1) is 12.7 Å². The number of ether oxygens (including phenoxy) is 1. The van der Waals surface area contributed by atoms with Crippen LogP contribution < -0.4 is 10.5 Å². The van der Waals surface area contributed by atoms with E-state index in [9.17, 15) is 4.39 Å². The summed E-state index contributed by atoms with van der Waals surface area (Å²) in [6.07, 6.45) is 0. The molecule has 0 aliphatic carbocycles. The molecule has 2 N–H and O–H groups in total. The summed E-state index contributed by atoms with van der Waals surface area (Å²) < 4.78 is 25.0. The van der Waals surface area contributed by atoms with Crippen LogP contribution in [0.3, 0.4) is 0 Å². The normalized spacial score (nSPS) is 10.7. The van der Waals surface area contributed by atoms with E-state index in [2.05, 4.69) is 15.9 Å². The zero-order chi connectivity index (χ0) is 13.1. The first-order valence-corrected chi connectivity index (χ1v) is 6.25. The Morgan fingerprint density at radius 1 is 1.39 bits per heavy atom. The minimum atomic E-state index is -0.410. The van der Waals surface area contributed by atoms with Gasteiger partial charge in [-0.3, -0.25) is 0 Å². The molecule has 0 saturated carbocycles. The lowest BCUT2D eigenvalue weighted by Crippen LogP contribution is -1.97. The minimum Gasteiger partial charge on any atom is -0.483 e. The van der Waals surface area contributed by atoms with Gasteiger partial charge in [-0.15, -0.1) is 0 Å². The van der Waals surface area contributed by atoms with Crippen LogP contribution in [0.25, 0.3) is 0 Å². The largest absolute Gasteiger partial charge is 0.483 e. The van der Waals surface area contributed by atoms with Crippen LogP contribution >= 0.6 is 15.9 Å². The Labute approximate surface area is 113 Å².